The fourth-order valence-electron chi connectivity index (χ4n) is 4.04. The summed E-state index contributed by atoms with van der Waals surface area (Å²) < 4.78 is 0. The SMILES string of the molecule is CCc1cccc(CC)c1N=C(C)c1cc(Cl)cc(C(C)=Nc2c(CC)cccc2CC)n1. The maximum Gasteiger partial charge on any atom is 0.0864 e. The molecule has 0 spiro atoms. The van der Waals surface area contributed by atoms with Crippen molar-refractivity contribution in [2.24, 2.45) is 9.98 Å². The Kier molecular flexibility index (Phi) is 8.57. The molecule has 0 saturated carbocycles. The lowest BCUT2D eigenvalue weighted by Crippen LogP contribution is -2.06. The molecule has 1 heterocycles. The third-order valence-electron chi connectivity index (χ3n) is 6.02. The maximum absolute atomic E-state index is 6.53. The molecule has 1 aromatic heterocycles. The molecule has 172 valence electrons. The average molecular weight is 460 g/mol. The highest BCUT2D eigenvalue weighted by Gasteiger charge is 2.12. The smallest absolute Gasteiger partial charge is 0.0864 e. The second kappa shape index (κ2) is 11.4. The van der Waals surface area contributed by atoms with Gasteiger partial charge in [0.25, 0.3) is 0 Å². The van der Waals surface area contributed by atoms with Crippen molar-refractivity contribution >= 4 is 34.4 Å². The Morgan fingerprint density at radius 3 is 1.30 bits per heavy atom. The van der Waals surface area contributed by atoms with Gasteiger partial charge in [0.15, 0.2) is 0 Å². The zero-order chi connectivity index (χ0) is 24.0. The van der Waals surface area contributed by atoms with Gasteiger partial charge in [-0.15, -0.1) is 0 Å². The number of hydrogen-bond donors (Lipinski definition) is 0. The van der Waals surface area contributed by atoms with Crippen molar-refractivity contribution in [3.8, 4) is 0 Å². The van der Waals surface area contributed by atoms with Gasteiger partial charge in [0.2, 0.25) is 0 Å². The average Bonchev–Trinajstić information content (AvgIpc) is 2.83. The summed E-state index contributed by atoms with van der Waals surface area (Å²) >= 11 is 6.53. The van der Waals surface area contributed by atoms with Crippen molar-refractivity contribution in [2.45, 2.75) is 67.2 Å². The van der Waals surface area contributed by atoms with E-state index in [1.54, 1.807) is 0 Å². The fourth-order valence-corrected chi connectivity index (χ4v) is 4.24. The van der Waals surface area contributed by atoms with Gasteiger partial charge in [0.1, 0.15) is 0 Å². The predicted molar refractivity (Wildman–Crippen MR) is 143 cm³/mol. The highest BCUT2D eigenvalue weighted by molar-refractivity contribution is 6.31. The molecule has 0 fully saturated rings. The van der Waals surface area contributed by atoms with E-state index < -0.39 is 0 Å². The molecule has 3 aromatic rings. The Morgan fingerprint density at radius 1 is 0.667 bits per heavy atom. The van der Waals surface area contributed by atoms with E-state index in [-0.39, 0.29) is 0 Å². The van der Waals surface area contributed by atoms with Crippen LogP contribution in [0.25, 0.3) is 0 Å². The number of pyridine rings is 1. The lowest BCUT2D eigenvalue weighted by Gasteiger charge is -2.12. The van der Waals surface area contributed by atoms with E-state index in [9.17, 15) is 0 Å². The van der Waals surface area contributed by atoms with E-state index in [1.807, 2.05) is 26.0 Å². The first-order valence-electron chi connectivity index (χ1n) is 11.9. The van der Waals surface area contributed by atoms with Crippen LogP contribution in [0.5, 0.6) is 0 Å². The van der Waals surface area contributed by atoms with Crippen molar-refractivity contribution in [3.63, 3.8) is 0 Å². The normalized spacial score (nSPS) is 12.3. The molecule has 0 radical (unpaired) electrons. The van der Waals surface area contributed by atoms with Gasteiger partial charge in [0.05, 0.1) is 34.2 Å². The minimum absolute atomic E-state index is 0.637. The zero-order valence-electron chi connectivity index (χ0n) is 20.7. The summed E-state index contributed by atoms with van der Waals surface area (Å²) in [5.41, 5.74) is 10.4. The maximum atomic E-state index is 6.53. The number of aromatic nitrogens is 1. The summed E-state index contributed by atoms with van der Waals surface area (Å²) in [5, 5.41) is 0.637. The zero-order valence-corrected chi connectivity index (χ0v) is 21.4. The highest BCUT2D eigenvalue weighted by Crippen LogP contribution is 2.28. The molecule has 0 aliphatic rings. The Labute approximate surface area is 203 Å². The van der Waals surface area contributed by atoms with Gasteiger partial charge < -0.3 is 0 Å². The van der Waals surface area contributed by atoms with Crippen LogP contribution in [0.2, 0.25) is 5.02 Å². The third kappa shape index (κ3) is 5.78. The first-order chi connectivity index (χ1) is 15.9. The second-order valence-electron chi connectivity index (χ2n) is 8.21. The van der Waals surface area contributed by atoms with E-state index in [4.69, 9.17) is 26.6 Å². The molecule has 0 bridgehead atoms. The van der Waals surface area contributed by atoms with Crippen LogP contribution in [-0.4, -0.2) is 16.4 Å². The molecule has 2 aromatic carbocycles. The summed E-state index contributed by atoms with van der Waals surface area (Å²) in [6, 6.07) is 16.6. The predicted octanol–water partition coefficient (Wildman–Crippen LogP) is 8.27. The topological polar surface area (TPSA) is 37.6 Å². The molecule has 0 atom stereocenters. The van der Waals surface area contributed by atoms with Gasteiger partial charge in [-0.1, -0.05) is 75.7 Å². The molecule has 0 aliphatic carbocycles. The molecular formula is C29H34ClN3. The summed E-state index contributed by atoms with van der Waals surface area (Å²) in [6.07, 6.45) is 3.76. The van der Waals surface area contributed by atoms with E-state index in [1.165, 1.54) is 22.3 Å². The number of aryl methyl sites for hydroxylation is 4. The fraction of sp³-hybridized carbons (Fsp3) is 0.345. The number of para-hydroxylation sites is 2. The van der Waals surface area contributed by atoms with Crippen LogP contribution in [0.15, 0.2) is 58.5 Å². The molecule has 3 rings (SSSR count). The minimum atomic E-state index is 0.637. The Morgan fingerprint density at radius 2 is 1.00 bits per heavy atom. The van der Waals surface area contributed by atoms with Crippen molar-refractivity contribution in [2.75, 3.05) is 0 Å². The second-order valence-corrected chi connectivity index (χ2v) is 8.65. The molecule has 0 unspecified atom stereocenters. The number of aliphatic imine (C=N–C) groups is 2. The summed E-state index contributed by atoms with van der Waals surface area (Å²) in [7, 11) is 0. The third-order valence-corrected chi connectivity index (χ3v) is 6.24. The van der Waals surface area contributed by atoms with Crippen molar-refractivity contribution in [1.29, 1.82) is 0 Å². The van der Waals surface area contributed by atoms with Gasteiger partial charge in [-0.3, -0.25) is 9.98 Å². The largest absolute Gasteiger partial charge is 0.251 e. The summed E-state index contributed by atoms with van der Waals surface area (Å²) in [5.74, 6) is 0. The lowest BCUT2D eigenvalue weighted by atomic mass is 10.0. The van der Waals surface area contributed by atoms with Crippen LogP contribution in [0.4, 0.5) is 11.4 Å². The number of hydrogen-bond acceptors (Lipinski definition) is 3. The Hall–Kier alpha value is -2.78. The molecular weight excluding hydrogens is 426 g/mol. The molecule has 3 nitrogen and oxygen atoms in total. The van der Waals surface area contributed by atoms with E-state index in [0.29, 0.717) is 5.02 Å². The molecule has 33 heavy (non-hydrogen) atoms. The van der Waals surface area contributed by atoms with Gasteiger partial charge in [-0.05, 0) is 73.9 Å². The molecule has 0 aliphatic heterocycles. The Bertz CT molecular complexity index is 1060. The lowest BCUT2D eigenvalue weighted by molar-refractivity contribution is 1.08. The number of nitrogens with zero attached hydrogens (tertiary/aromatic N) is 3. The Balaban J connectivity index is 2.07. The monoisotopic (exact) mass is 459 g/mol. The van der Waals surface area contributed by atoms with E-state index in [2.05, 4.69) is 64.1 Å². The molecule has 0 N–H and O–H groups in total. The van der Waals surface area contributed by atoms with E-state index in [0.717, 1.165) is 59.9 Å². The van der Waals surface area contributed by atoms with Gasteiger partial charge in [-0.25, -0.2) is 4.98 Å². The number of rotatable bonds is 8. The number of halogens is 1. The van der Waals surface area contributed by atoms with Crippen LogP contribution in [0, 0.1) is 0 Å². The first-order valence-corrected chi connectivity index (χ1v) is 12.3. The van der Waals surface area contributed by atoms with Crippen LogP contribution >= 0.6 is 11.6 Å². The minimum Gasteiger partial charge on any atom is -0.251 e. The molecule has 4 heteroatoms. The first kappa shape index (κ1) is 24.9. The van der Waals surface area contributed by atoms with Crippen LogP contribution in [-0.2, 0) is 25.7 Å². The molecule has 0 saturated heterocycles. The van der Waals surface area contributed by atoms with Crippen molar-refractivity contribution < 1.29 is 0 Å². The van der Waals surface area contributed by atoms with Crippen LogP contribution in [0.3, 0.4) is 0 Å². The van der Waals surface area contributed by atoms with Gasteiger partial charge >= 0.3 is 0 Å². The molecule has 0 amide bonds. The van der Waals surface area contributed by atoms with Crippen LogP contribution in [0.1, 0.15) is 75.2 Å². The van der Waals surface area contributed by atoms with E-state index >= 15 is 0 Å². The van der Waals surface area contributed by atoms with Crippen LogP contribution < -0.4 is 0 Å². The quantitative estimate of drug-likeness (QED) is 0.312. The standard InChI is InChI=1S/C29H34ClN3/c1-7-21-13-11-14-22(8-2)28(21)31-19(5)26-17-25(30)18-27(33-26)20(6)32-29-23(9-3)15-12-16-24(29)10-4/h11-18H,7-10H2,1-6H3. The highest BCUT2D eigenvalue weighted by atomic mass is 35.5. The summed E-state index contributed by atoms with van der Waals surface area (Å²) in [6.45, 7) is 12.7. The number of benzene rings is 2. The summed E-state index contributed by atoms with van der Waals surface area (Å²) in [4.78, 5) is 14.9. The van der Waals surface area contributed by atoms with Gasteiger partial charge in [0, 0.05) is 5.02 Å². The van der Waals surface area contributed by atoms with Crippen molar-refractivity contribution in [1.82, 2.24) is 4.98 Å². The van der Waals surface area contributed by atoms with Gasteiger partial charge in [-0.2, -0.15) is 0 Å². The van der Waals surface area contributed by atoms with Crippen molar-refractivity contribution in [3.05, 3.63) is 87.2 Å².